The lowest BCUT2D eigenvalue weighted by Crippen LogP contribution is -2.39. The van der Waals surface area contributed by atoms with Gasteiger partial charge in [0.05, 0.1) is 24.5 Å². The van der Waals surface area contributed by atoms with Crippen LogP contribution in [0, 0.1) is 0 Å². The van der Waals surface area contributed by atoms with Gasteiger partial charge in [-0.15, -0.1) is 0 Å². The normalized spacial score (nSPS) is 11.9. The summed E-state index contributed by atoms with van der Waals surface area (Å²) in [7, 11) is 0. The lowest BCUT2D eigenvalue weighted by molar-refractivity contribution is -0.144. The second-order valence-corrected chi connectivity index (χ2v) is 3.30. The number of ether oxygens (including phenoxy) is 1. The third kappa shape index (κ3) is 3.28. The van der Waals surface area contributed by atoms with Crippen LogP contribution >= 0.6 is 11.7 Å². The maximum atomic E-state index is 11.4. The van der Waals surface area contributed by atoms with Crippen LogP contribution in [0.1, 0.15) is 24.3 Å². The Morgan fingerprint density at radius 3 is 2.93 bits per heavy atom. The molecule has 0 saturated heterocycles. The number of carbonyl (C=O) groups excluding carboxylic acids is 2. The Morgan fingerprint density at radius 2 is 2.40 bits per heavy atom. The van der Waals surface area contributed by atoms with Gasteiger partial charge in [0.1, 0.15) is 6.04 Å². The highest BCUT2D eigenvalue weighted by Crippen LogP contribution is 1.96. The summed E-state index contributed by atoms with van der Waals surface area (Å²) in [5, 5.41) is 2.46. The SMILES string of the molecule is CCOC(=O)C(C)NC(=O)c1cnsn1. The second-order valence-electron chi connectivity index (χ2n) is 2.74. The van der Waals surface area contributed by atoms with Crippen molar-refractivity contribution in [3.63, 3.8) is 0 Å². The number of aromatic nitrogens is 2. The van der Waals surface area contributed by atoms with Gasteiger partial charge in [-0.2, -0.15) is 8.75 Å². The van der Waals surface area contributed by atoms with Crippen LogP contribution in [0.15, 0.2) is 6.20 Å². The first kappa shape index (κ1) is 11.6. The molecule has 1 unspecified atom stereocenters. The number of nitrogens with one attached hydrogen (secondary N) is 1. The van der Waals surface area contributed by atoms with Gasteiger partial charge < -0.3 is 10.1 Å². The summed E-state index contributed by atoms with van der Waals surface area (Å²) in [6.07, 6.45) is 1.35. The maximum Gasteiger partial charge on any atom is 0.328 e. The minimum absolute atomic E-state index is 0.205. The third-order valence-corrected chi connectivity index (χ3v) is 2.06. The van der Waals surface area contributed by atoms with Crippen molar-refractivity contribution in [2.75, 3.05) is 6.61 Å². The van der Waals surface area contributed by atoms with Crippen LogP contribution < -0.4 is 5.32 Å². The van der Waals surface area contributed by atoms with Gasteiger partial charge in [0.25, 0.3) is 5.91 Å². The first-order chi connectivity index (χ1) is 7.15. The number of hydrogen-bond acceptors (Lipinski definition) is 6. The third-order valence-electron chi connectivity index (χ3n) is 1.58. The van der Waals surface area contributed by atoms with Crippen LogP contribution in [0.2, 0.25) is 0 Å². The van der Waals surface area contributed by atoms with E-state index in [0.717, 1.165) is 11.7 Å². The molecular formula is C8H11N3O3S. The molecule has 15 heavy (non-hydrogen) atoms. The summed E-state index contributed by atoms with van der Waals surface area (Å²) in [6.45, 7) is 3.55. The van der Waals surface area contributed by atoms with Gasteiger partial charge in [0, 0.05) is 0 Å². The number of esters is 1. The number of carbonyl (C=O) groups is 2. The van der Waals surface area contributed by atoms with E-state index in [2.05, 4.69) is 14.1 Å². The summed E-state index contributed by atoms with van der Waals surface area (Å²) in [6, 6.07) is -0.681. The summed E-state index contributed by atoms with van der Waals surface area (Å²) in [5.41, 5.74) is 0.205. The summed E-state index contributed by atoms with van der Waals surface area (Å²) >= 11 is 0.937. The molecule has 82 valence electrons. The minimum atomic E-state index is -0.681. The van der Waals surface area contributed by atoms with Gasteiger partial charge >= 0.3 is 5.97 Å². The average molecular weight is 229 g/mol. The molecule has 0 radical (unpaired) electrons. The number of nitrogens with zero attached hydrogens (tertiary/aromatic N) is 2. The molecule has 0 aliphatic heterocycles. The molecule has 0 bridgehead atoms. The topological polar surface area (TPSA) is 81.2 Å². The quantitative estimate of drug-likeness (QED) is 0.747. The van der Waals surface area contributed by atoms with Crippen LogP contribution in [0.25, 0.3) is 0 Å². The number of rotatable bonds is 4. The van der Waals surface area contributed by atoms with Crippen LogP contribution in [0.3, 0.4) is 0 Å². The average Bonchev–Trinajstić information content (AvgIpc) is 2.70. The predicted octanol–water partition coefficient (Wildman–Crippen LogP) is 0.220. The maximum absolute atomic E-state index is 11.4. The van der Waals surface area contributed by atoms with Crippen molar-refractivity contribution < 1.29 is 14.3 Å². The van der Waals surface area contributed by atoms with E-state index in [4.69, 9.17) is 4.74 Å². The summed E-state index contributed by atoms with van der Waals surface area (Å²) in [5.74, 6) is -0.890. The van der Waals surface area contributed by atoms with Crippen molar-refractivity contribution in [2.45, 2.75) is 19.9 Å². The molecule has 0 spiro atoms. The van der Waals surface area contributed by atoms with Gasteiger partial charge in [-0.05, 0) is 13.8 Å². The monoisotopic (exact) mass is 229 g/mol. The molecule has 0 fully saturated rings. The molecule has 1 amide bonds. The molecule has 1 N–H and O–H groups in total. The zero-order valence-corrected chi connectivity index (χ0v) is 9.21. The summed E-state index contributed by atoms with van der Waals surface area (Å²) in [4.78, 5) is 22.6. The lowest BCUT2D eigenvalue weighted by Gasteiger charge is -2.10. The van der Waals surface area contributed by atoms with E-state index in [-0.39, 0.29) is 12.3 Å². The van der Waals surface area contributed by atoms with E-state index >= 15 is 0 Å². The second kappa shape index (κ2) is 5.40. The predicted molar refractivity (Wildman–Crippen MR) is 53.5 cm³/mol. The van der Waals surface area contributed by atoms with E-state index < -0.39 is 17.9 Å². The molecule has 1 heterocycles. The van der Waals surface area contributed by atoms with Crippen molar-refractivity contribution in [1.82, 2.24) is 14.1 Å². The first-order valence-corrected chi connectivity index (χ1v) is 5.13. The van der Waals surface area contributed by atoms with E-state index in [0.29, 0.717) is 0 Å². The number of hydrogen-bond donors (Lipinski definition) is 1. The fraction of sp³-hybridized carbons (Fsp3) is 0.500. The zero-order valence-electron chi connectivity index (χ0n) is 8.39. The van der Waals surface area contributed by atoms with Crippen LogP contribution in [-0.2, 0) is 9.53 Å². The molecule has 1 aromatic heterocycles. The highest BCUT2D eigenvalue weighted by Gasteiger charge is 2.18. The van der Waals surface area contributed by atoms with Crippen LogP contribution in [-0.4, -0.2) is 33.3 Å². The standard InChI is InChI=1S/C8H11N3O3S/c1-3-14-8(13)5(2)10-7(12)6-4-9-15-11-6/h4-5H,3H2,1-2H3,(H,10,12). The fourth-order valence-corrected chi connectivity index (χ4v) is 1.27. The number of amides is 1. The lowest BCUT2D eigenvalue weighted by atomic mass is 10.3. The van der Waals surface area contributed by atoms with Crippen LogP contribution in [0.4, 0.5) is 0 Å². The van der Waals surface area contributed by atoms with E-state index in [1.165, 1.54) is 6.20 Å². The Labute approximate surface area is 91.0 Å². The molecule has 1 rings (SSSR count). The molecule has 0 aliphatic rings. The van der Waals surface area contributed by atoms with Crippen molar-refractivity contribution >= 4 is 23.6 Å². The van der Waals surface area contributed by atoms with Crippen LogP contribution in [0.5, 0.6) is 0 Å². The van der Waals surface area contributed by atoms with Crippen molar-refractivity contribution in [1.29, 1.82) is 0 Å². The van der Waals surface area contributed by atoms with Crippen molar-refractivity contribution in [3.8, 4) is 0 Å². The molecule has 0 aromatic carbocycles. The highest BCUT2D eigenvalue weighted by molar-refractivity contribution is 6.99. The van der Waals surface area contributed by atoms with Gasteiger partial charge in [-0.1, -0.05) is 0 Å². The molecule has 1 aromatic rings. The van der Waals surface area contributed by atoms with E-state index in [1.54, 1.807) is 13.8 Å². The van der Waals surface area contributed by atoms with Gasteiger partial charge in [0.15, 0.2) is 5.69 Å². The summed E-state index contributed by atoms with van der Waals surface area (Å²) < 4.78 is 12.2. The smallest absolute Gasteiger partial charge is 0.328 e. The minimum Gasteiger partial charge on any atom is -0.464 e. The van der Waals surface area contributed by atoms with E-state index in [1.807, 2.05) is 0 Å². The van der Waals surface area contributed by atoms with Gasteiger partial charge in [-0.3, -0.25) is 4.79 Å². The molecule has 1 atom stereocenters. The highest BCUT2D eigenvalue weighted by atomic mass is 32.1. The zero-order chi connectivity index (χ0) is 11.3. The van der Waals surface area contributed by atoms with Gasteiger partial charge in [-0.25, -0.2) is 4.79 Å². The fourth-order valence-electron chi connectivity index (χ4n) is 0.861. The Kier molecular flexibility index (Phi) is 4.17. The Bertz CT molecular complexity index is 339. The Balaban J connectivity index is 2.48. The van der Waals surface area contributed by atoms with Crippen molar-refractivity contribution in [3.05, 3.63) is 11.9 Å². The Hall–Kier alpha value is -1.50. The Morgan fingerprint density at radius 1 is 1.67 bits per heavy atom. The molecule has 0 aliphatic carbocycles. The van der Waals surface area contributed by atoms with Crippen molar-refractivity contribution in [2.24, 2.45) is 0 Å². The molecule has 6 nitrogen and oxygen atoms in total. The largest absolute Gasteiger partial charge is 0.464 e. The molecular weight excluding hydrogens is 218 g/mol. The molecule has 7 heteroatoms. The van der Waals surface area contributed by atoms with Gasteiger partial charge in [0.2, 0.25) is 0 Å². The first-order valence-electron chi connectivity index (χ1n) is 4.40. The molecule has 0 saturated carbocycles. The van der Waals surface area contributed by atoms with E-state index in [9.17, 15) is 9.59 Å².